The first-order valence-corrected chi connectivity index (χ1v) is 6.41. The van der Waals surface area contributed by atoms with Crippen molar-refractivity contribution in [3.63, 3.8) is 0 Å². The minimum atomic E-state index is -0.630. The number of carbonyl (C=O) groups excluding carboxylic acids is 1. The maximum absolute atomic E-state index is 10.9. The quantitative estimate of drug-likeness (QED) is 0.458. The fourth-order valence-electron chi connectivity index (χ4n) is 0.403. The van der Waals surface area contributed by atoms with Gasteiger partial charge in [-0.05, 0) is 75.0 Å². The van der Waals surface area contributed by atoms with Gasteiger partial charge < -0.3 is 9.47 Å². The Bertz CT molecular complexity index is 212. The summed E-state index contributed by atoms with van der Waals surface area (Å²) >= 11 is 7.46. The average Bonchev–Trinajstić information content (AvgIpc) is 1.98. The first-order chi connectivity index (χ1) is 5.93. The van der Waals surface area contributed by atoms with E-state index in [-0.39, 0.29) is 12.7 Å². The van der Waals surface area contributed by atoms with E-state index in [1.54, 1.807) is 13.8 Å². The second-order valence-corrected chi connectivity index (χ2v) is 7.03. The Hall–Kier alpha value is 0.950. The van der Waals surface area contributed by atoms with Gasteiger partial charge in [-0.3, -0.25) is 0 Å². The van der Waals surface area contributed by atoms with Gasteiger partial charge in [0, 0.05) is 3.58 Å². The van der Waals surface area contributed by atoms with E-state index in [0.29, 0.717) is 0 Å². The van der Waals surface area contributed by atoms with Gasteiger partial charge in [0.2, 0.25) is 0 Å². The molecule has 0 saturated carbocycles. The first kappa shape index (κ1) is 13.9. The molecule has 0 aliphatic carbocycles. The number of hydrogen-bond acceptors (Lipinski definition) is 3. The number of hydrogen-bond donors (Lipinski definition) is 0. The Morgan fingerprint density at radius 3 is 2.38 bits per heavy atom. The Labute approximate surface area is 113 Å². The predicted octanol–water partition coefficient (Wildman–Crippen LogP) is 3.98. The summed E-state index contributed by atoms with van der Waals surface area (Å²) in [7, 11) is 0. The topological polar surface area (TPSA) is 35.5 Å². The van der Waals surface area contributed by atoms with Crippen molar-refractivity contribution < 1.29 is 14.3 Å². The molecule has 0 atom stereocenters. The van der Waals surface area contributed by atoms with Crippen molar-refractivity contribution in [1.29, 1.82) is 0 Å². The summed E-state index contributed by atoms with van der Waals surface area (Å²) in [5, 5.41) is 0. The minimum absolute atomic E-state index is 0.141. The lowest BCUT2D eigenvalue weighted by atomic mass is 10.5. The van der Waals surface area contributed by atoms with Crippen molar-refractivity contribution in [3.8, 4) is 0 Å². The summed E-state index contributed by atoms with van der Waals surface area (Å²) in [6, 6.07) is 0. The molecule has 0 unspecified atom stereocenters. The number of carbonyl (C=O) groups is 1. The van der Waals surface area contributed by atoms with E-state index < -0.39 is 6.16 Å². The van der Waals surface area contributed by atoms with Gasteiger partial charge in [-0.1, -0.05) is 0 Å². The number of ether oxygens (including phenoxy) is 2. The maximum atomic E-state index is 10.9. The van der Waals surface area contributed by atoms with Gasteiger partial charge in [0.25, 0.3) is 0 Å². The van der Waals surface area contributed by atoms with E-state index in [9.17, 15) is 4.79 Å². The molecule has 6 heteroatoms. The van der Waals surface area contributed by atoms with E-state index in [4.69, 9.17) is 9.47 Å². The third-order valence-electron chi connectivity index (χ3n) is 0.854. The fraction of sp³-hybridized carbons (Fsp3) is 0.571. The summed E-state index contributed by atoms with van der Waals surface area (Å²) in [4.78, 5) is 10.9. The lowest BCUT2D eigenvalue weighted by Crippen LogP contribution is -2.13. The molecule has 0 aromatic carbocycles. The van der Waals surface area contributed by atoms with E-state index >= 15 is 0 Å². The lowest BCUT2D eigenvalue weighted by Gasteiger charge is -2.08. The average molecular weight is 475 g/mol. The second-order valence-electron chi connectivity index (χ2n) is 2.37. The summed E-state index contributed by atoms with van der Waals surface area (Å²) < 4.78 is 11.5. The van der Waals surface area contributed by atoms with Crippen LogP contribution in [0.15, 0.2) is 6.07 Å². The van der Waals surface area contributed by atoms with Crippen LogP contribution in [-0.4, -0.2) is 18.9 Å². The SMILES string of the molecule is CC(C)OC(=O)OCC(I)=C(Br)I. The van der Waals surface area contributed by atoms with Gasteiger partial charge in [-0.15, -0.1) is 0 Å². The molecule has 76 valence electrons. The van der Waals surface area contributed by atoms with Crippen molar-refractivity contribution in [2.45, 2.75) is 20.0 Å². The molecular weight excluding hydrogens is 466 g/mol. The Morgan fingerprint density at radius 1 is 1.46 bits per heavy atom. The zero-order chi connectivity index (χ0) is 10.4. The van der Waals surface area contributed by atoms with Crippen molar-refractivity contribution in [2.75, 3.05) is 6.61 Å². The predicted molar refractivity (Wildman–Crippen MR) is 71.6 cm³/mol. The molecule has 0 bridgehead atoms. The normalized spacial score (nSPS) is 12.5. The van der Waals surface area contributed by atoms with Crippen LogP contribution in [0.25, 0.3) is 0 Å². The van der Waals surface area contributed by atoms with Gasteiger partial charge in [-0.25, -0.2) is 4.79 Å². The molecule has 0 fully saturated rings. The highest BCUT2D eigenvalue weighted by molar-refractivity contribution is 14.1. The van der Waals surface area contributed by atoms with Gasteiger partial charge in [-0.2, -0.15) is 0 Å². The highest BCUT2D eigenvalue weighted by Gasteiger charge is 2.07. The van der Waals surface area contributed by atoms with E-state index in [1.807, 2.05) is 0 Å². The molecule has 0 aliphatic rings. The molecule has 0 spiro atoms. The van der Waals surface area contributed by atoms with Crippen LogP contribution in [0.3, 0.4) is 0 Å². The van der Waals surface area contributed by atoms with Crippen LogP contribution in [0.2, 0.25) is 0 Å². The molecule has 0 N–H and O–H groups in total. The molecule has 0 rings (SSSR count). The van der Waals surface area contributed by atoms with E-state index in [0.717, 1.165) is 6.07 Å². The summed E-state index contributed by atoms with van der Waals surface area (Å²) in [5.41, 5.74) is 0. The van der Waals surface area contributed by atoms with E-state index in [1.165, 1.54) is 0 Å². The second kappa shape index (κ2) is 7.27. The summed E-state index contributed by atoms with van der Waals surface area (Å²) in [6.45, 7) is 3.79. The Morgan fingerprint density at radius 2 is 2.00 bits per heavy atom. The molecular formula is C7H9BrI2O3. The Kier molecular flexibility index (Phi) is 7.80. The smallest absolute Gasteiger partial charge is 0.432 e. The van der Waals surface area contributed by atoms with Crippen LogP contribution in [0.1, 0.15) is 13.8 Å². The zero-order valence-corrected chi connectivity index (χ0v) is 13.0. The third-order valence-corrected chi connectivity index (χ3v) is 4.61. The van der Waals surface area contributed by atoms with Gasteiger partial charge in [0.1, 0.15) is 6.61 Å². The molecule has 0 heterocycles. The summed E-state index contributed by atoms with van der Waals surface area (Å²) in [5.74, 6) is 0. The molecule has 0 aromatic rings. The summed E-state index contributed by atoms with van der Waals surface area (Å²) in [6.07, 6.45) is -0.772. The third kappa shape index (κ3) is 7.98. The van der Waals surface area contributed by atoms with E-state index in [2.05, 4.69) is 61.1 Å². The van der Waals surface area contributed by atoms with Gasteiger partial charge in [0.15, 0.2) is 0 Å². The van der Waals surface area contributed by atoms with Crippen molar-refractivity contribution >= 4 is 67.3 Å². The van der Waals surface area contributed by atoms with Crippen molar-refractivity contribution in [2.24, 2.45) is 0 Å². The van der Waals surface area contributed by atoms with Gasteiger partial charge >= 0.3 is 6.16 Å². The molecule has 0 aromatic heterocycles. The van der Waals surface area contributed by atoms with Crippen LogP contribution in [-0.2, 0) is 9.47 Å². The largest absolute Gasteiger partial charge is 0.508 e. The molecule has 13 heavy (non-hydrogen) atoms. The monoisotopic (exact) mass is 474 g/mol. The Balaban J connectivity index is 3.78. The highest BCUT2D eigenvalue weighted by atomic mass is 127. The zero-order valence-electron chi connectivity index (χ0n) is 7.14. The molecule has 0 radical (unpaired) electrons. The first-order valence-electron chi connectivity index (χ1n) is 3.46. The number of halogens is 3. The molecule has 0 aliphatic heterocycles. The minimum Gasteiger partial charge on any atom is -0.432 e. The van der Waals surface area contributed by atoms with Crippen LogP contribution < -0.4 is 0 Å². The van der Waals surface area contributed by atoms with Crippen LogP contribution in [0, 0.1) is 0 Å². The van der Waals surface area contributed by atoms with Crippen LogP contribution in [0.4, 0.5) is 4.79 Å². The van der Waals surface area contributed by atoms with Crippen LogP contribution in [0.5, 0.6) is 0 Å². The lowest BCUT2D eigenvalue weighted by molar-refractivity contribution is 0.0412. The highest BCUT2D eigenvalue weighted by Crippen LogP contribution is 2.24. The van der Waals surface area contributed by atoms with Gasteiger partial charge in [0.05, 0.1) is 8.59 Å². The van der Waals surface area contributed by atoms with Crippen molar-refractivity contribution in [1.82, 2.24) is 0 Å². The standard InChI is InChI=1S/C7H9BrI2O3/c1-4(2)13-7(11)12-3-5(9)6(8)10/h4H,3H2,1-2H3. The maximum Gasteiger partial charge on any atom is 0.508 e. The number of rotatable bonds is 3. The fourth-order valence-corrected chi connectivity index (χ4v) is 0.829. The molecule has 0 saturated heterocycles. The van der Waals surface area contributed by atoms with Crippen LogP contribution >= 0.6 is 61.1 Å². The molecule has 0 amide bonds. The van der Waals surface area contributed by atoms with Crippen molar-refractivity contribution in [3.05, 3.63) is 6.07 Å². The molecule has 3 nitrogen and oxygen atoms in total.